The van der Waals surface area contributed by atoms with E-state index in [4.69, 9.17) is 21.1 Å². The van der Waals surface area contributed by atoms with E-state index in [9.17, 15) is 9.59 Å². The zero-order valence-electron chi connectivity index (χ0n) is 16.6. The minimum atomic E-state index is -0.179. The van der Waals surface area contributed by atoms with Crippen molar-refractivity contribution in [3.63, 3.8) is 0 Å². The summed E-state index contributed by atoms with van der Waals surface area (Å²) in [7, 11) is 0. The van der Waals surface area contributed by atoms with Gasteiger partial charge in [0.15, 0.2) is 11.5 Å². The molecule has 158 valence electrons. The van der Waals surface area contributed by atoms with Crippen molar-refractivity contribution in [2.75, 3.05) is 44.7 Å². The van der Waals surface area contributed by atoms with Crippen LogP contribution < -0.4 is 14.8 Å². The van der Waals surface area contributed by atoms with Crippen molar-refractivity contribution < 1.29 is 19.1 Å². The fourth-order valence-electron chi connectivity index (χ4n) is 3.54. The Morgan fingerprint density at radius 3 is 2.33 bits per heavy atom. The summed E-state index contributed by atoms with van der Waals surface area (Å²) in [4.78, 5) is 29.1. The second-order valence-corrected chi connectivity index (χ2v) is 7.72. The van der Waals surface area contributed by atoms with E-state index in [1.54, 1.807) is 52.3 Å². The number of hydrogen-bond acceptors (Lipinski definition) is 4. The maximum Gasteiger partial charge on any atom is 0.321 e. The number of rotatable bonds is 2. The first-order chi connectivity index (χ1) is 14.6. The zero-order valence-corrected chi connectivity index (χ0v) is 17.4. The van der Waals surface area contributed by atoms with Crippen LogP contribution in [-0.4, -0.2) is 61.1 Å². The lowest BCUT2D eigenvalue weighted by Crippen LogP contribution is -2.39. The van der Waals surface area contributed by atoms with Crippen LogP contribution in [0.2, 0.25) is 5.02 Å². The highest BCUT2D eigenvalue weighted by molar-refractivity contribution is 6.30. The molecule has 4 rings (SSSR count). The largest absolute Gasteiger partial charge is 0.490 e. The second-order valence-electron chi connectivity index (χ2n) is 7.28. The van der Waals surface area contributed by atoms with Gasteiger partial charge in [-0.25, -0.2) is 4.79 Å². The van der Waals surface area contributed by atoms with Crippen molar-refractivity contribution >= 4 is 29.2 Å². The number of carbonyl (C=O) groups is 2. The molecule has 8 heteroatoms. The average molecular weight is 430 g/mol. The number of fused-ring (bicyclic) bond motifs is 1. The minimum absolute atomic E-state index is 0.0643. The Bertz CT molecular complexity index is 919. The van der Waals surface area contributed by atoms with Gasteiger partial charge in [-0.15, -0.1) is 0 Å². The first-order valence-corrected chi connectivity index (χ1v) is 10.5. The van der Waals surface area contributed by atoms with Gasteiger partial charge >= 0.3 is 6.03 Å². The Morgan fingerprint density at radius 2 is 1.53 bits per heavy atom. The number of urea groups is 1. The predicted molar refractivity (Wildman–Crippen MR) is 115 cm³/mol. The Morgan fingerprint density at radius 1 is 0.833 bits per heavy atom. The molecule has 0 bridgehead atoms. The number of nitrogens with one attached hydrogen (secondary N) is 1. The fraction of sp³-hybridized carbons (Fsp3) is 0.364. The lowest BCUT2D eigenvalue weighted by Gasteiger charge is -2.23. The lowest BCUT2D eigenvalue weighted by molar-refractivity contribution is 0.0762. The van der Waals surface area contributed by atoms with E-state index in [1.165, 1.54) is 0 Å². The second kappa shape index (κ2) is 9.26. The van der Waals surface area contributed by atoms with Crippen molar-refractivity contribution in [1.29, 1.82) is 0 Å². The van der Waals surface area contributed by atoms with E-state index >= 15 is 0 Å². The van der Waals surface area contributed by atoms with Crippen LogP contribution in [0.5, 0.6) is 11.5 Å². The summed E-state index contributed by atoms with van der Waals surface area (Å²) in [5.41, 5.74) is 1.26. The predicted octanol–water partition coefficient (Wildman–Crippen LogP) is 3.88. The fourth-order valence-corrected chi connectivity index (χ4v) is 3.66. The summed E-state index contributed by atoms with van der Waals surface area (Å²) >= 11 is 5.89. The summed E-state index contributed by atoms with van der Waals surface area (Å²) in [6.07, 6.45) is 1.53. The molecule has 2 heterocycles. The molecule has 0 saturated carbocycles. The van der Waals surface area contributed by atoms with Crippen molar-refractivity contribution in [1.82, 2.24) is 9.80 Å². The molecular weight excluding hydrogens is 406 g/mol. The number of carbonyl (C=O) groups excluding carboxylic acids is 2. The van der Waals surface area contributed by atoms with Crippen LogP contribution in [0, 0.1) is 0 Å². The maximum atomic E-state index is 13.0. The molecule has 30 heavy (non-hydrogen) atoms. The SMILES string of the molecule is O=C(Nc1ccc(Cl)cc1)N1CCCN(C(=O)c2ccc3c(c2)OCCCO3)CC1. The summed E-state index contributed by atoms with van der Waals surface area (Å²) in [5.74, 6) is 1.22. The molecular formula is C22H24ClN3O4. The molecule has 0 spiro atoms. The summed E-state index contributed by atoms with van der Waals surface area (Å²) in [6, 6.07) is 12.1. The van der Waals surface area contributed by atoms with Crippen LogP contribution in [-0.2, 0) is 0 Å². The highest BCUT2D eigenvalue weighted by atomic mass is 35.5. The van der Waals surface area contributed by atoms with E-state index in [-0.39, 0.29) is 11.9 Å². The molecule has 1 N–H and O–H groups in total. The van der Waals surface area contributed by atoms with Crippen molar-refractivity contribution in [3.05, 3.63) is 53.1 Å². The molecule has 2 aromatic rings. The molecule has 0 atom stereocenters. The van der Waals surface area contributed by atoms with Crippen molar-refractivity contribution in [3.8, 4) is 11.5 Å². The molecule has 1 fully saturated rings. The average Bonchev–Trinajstić information content (AvgIpc) is 3.15. The quantitative estimate of drug-likeness (QED) is 0.786. The highest BCUT2D eigenvalue weighted by Crippen LogP contribution is 2.31. The summed E-state index contributed by atoms with van der Waals surface area (Å²) in [5, 5.41) is 3.49. The van der Waals surface area contributed by atoms with E-state index in [0.717, 1.165) is 6.42 Å². The Hall–Kier alpha value is -2.93. The molecule has 0 aromatic heterocycles. The summed E-state index contributed by atoms with van der Waals surface area (Å²) < 4.78 is 11.3. The third-order valence-corrected chi connectivity index (χ3v) is 5.41. The van der Waals surface area contributed by atoms with Crippen LogP contribution in [0.4, 0.5) is 10.5 Å². The molecule has 0 aliphatic carbocycles. The lowest BCUT2D eigenvalue weighted by atomic mass is 10.1. The number of nitrogens with zero attached hydrogens (tertiary/aromatic N) is 2. The van der Waals surface area contributed by atoms with Crippen LogP contribution in [0.3, 0.4) is 0 Å². The Labute approximate surface area is 180 Å². The van der Waals surface area contributed by atoms with E-state index in [0.29, 0.717) is 73.6 Å². The highest BCUT2D eigenvalue weighted by Gasteiger charge is 2.24. The van der Waals surface area contributed by atoms with Gasteiger partial charge in [-0.05, 0) is 48.9 Å². The van der Waals surface area contributed by atoms with Gasteiger partial charge in [0.1, 0.15) is 0 Å². The van der Waals surface area contributed by atoms with Crippen LogP contribution in [0.15, 0.2) is 42.5 Å². The summed E-state index contributed by atoms with van der Waals surface area (Å²) in [6.45, 7) is 3.31. The van der Waals surface area contributed by atoms with Gasteiger partial charge in [-0.3, -0.25) is 4.79 Å². The zero-order chi connectivity index (χ0) is 20.9. The Kier molecular flexibility index (Phi) is 6.28. The van der Waals surface area contributed by atoms with Crippen LogP contribution in [0.25, 0.3) is 0 Å². The van der Waals surface area contributed by atoms with Crippen LogP contribution >= 0.6 is 11.6 Å². The molecule has 0 unspecified atom stereocenters. The van der Waals surface area contributed by atoms with Gasteiger partial charge in [-0.2, -0.15) is 0 Å². The van der Waals surface area contributed by atoms with Gasteiger partial charge in [0.25, 0.3) is 5.91 Å². The monoisotopic (exact) mass is 429 g/mol. The molecule has 2 aliphatic rings. The first-order valence-electron chi connectivity index (χ1n) is 10.1. The van der Waals surface area contributed by atoms with E-state index in [2.05, 4.69) is 5.32 Å². The molecule has 3 amide bonds. The number of hydrogen-bond donors (Lipinski definition) is 1. The van der Waals surface area contributed by atoms with Gasteiger partial charge in [0, 0.05) is 48.9 Å². The third kappa shape index (κ3) is 4.79. The number of amides is 3. The number of ether oxygens (including phenoxy) is 2. The topological polar surface area (TPSA) is 71.1 Å². The molecule has 7 nitrogen and oxygen atoms in total. The van der Waals surface area contributed by atoms with Gasteiger partial charge in [-0.1, -0.05) is 11.6 Å². The smallest absolute Gasteiger partial charge is 0.321 e. The molecule has 2 aromatic carbocycles. The van der Waals surface area contributed by atoms with E-state index < -0.39 is 0 Å². The van der Waals surface area contributed by atoms with Gasteiger partial charge in [0.2, 0.25) is 0 Å². The Balaban J connectivity index is 1.37. The van der Waals surface area contributed by atoms with E-state index in [1.807, 2.05) is 0 Å². The number of halogens is 1. The maximum absolute atomic E-state index is 13.0. The molecule has 0 radical (unpaired) electrons. The molecule has 2 aliphatic heterocycles. The molecule has 1 saturated heterocycles. The van der Waals surface area contributed by atoms with Crippen molar-refractivity contribution in [2.24, 2.45) is 0 Å². The van der Waals surface area contributed by atoms with Crippen LogP contribution in [0.1, 0.15) is 23.2 Å². The third-order valence-electron chi connectivity index (χ3n) is 5.16. The van der Waals surface area contributed by atoms with Crippen molar-refractivity contribution in [2.45, 2.75) is 12.8 Å². The standard InChI is InChI=1S/C22H24ClN3O4/c23-17-4-6-18(7-5-17)24-22(28)26-10-1-9-25(11-12-26)21(27)16-3-8-19-20(15-16)30-14-2-13-29-19/h3-8,15H,1-2,9-14H2,(H,24,28). The number of anilines is 1. The van der Waals surface area contributed by atoms with Gasteiger partial charge in [0.05, 0.1) is 13.2 Å². The minimum Gasteiger partial charge on any atom is -0.490 e. The van der Waals surface area contributed by atoms with Gasteiger partial charge < -0.3 is 24.6 Å². The normalized spacial score (nSPS) is 16.4. The first kappa shape index (κ1) is 20.3. The number of benzene rings is 2.